The van der Waals surface area contributed by atoms with Gasteiger partial charge in [0.1, 0.15) is 5.60 Å². The highest BCUT2D eigenvalue weighted by atomic mass is 16.7. The van der Waals surface area contributed by atoms with Crippen molar-refractivity contribution in [1.82, 2.24) is 4.90 Å². The third-order valence-electron chi connectivity index (χ3n) is 4.53. The average Bonchev–Trinajstić information content (AvgIpc) is 2.80. The quantitative estimate of drug-likeness (QED) is 0.698. The Morgan fingerprint density at radius 3 is 2.19 bits per heavy atom. The highest BCUT2D eigenvalue weighted by molar-refractivity contribution is 6.47. The van der Waals surface area contributed by atoms with Crippen LogP contribution in [0.4, 0.5) is 4.79 Å². The largest absolute Gasteiger partial charge is 0.463 e. The highest BCUT2D eigenvalue weighted by Gasteiger charge is 2.54. The molecule has 0 N–H and O–H groups in total. The van der Waals surface area contributed by atoms with Gasteiger partial charge in [-0.3, -0.25) is 0 Å². The molecule has 0 aromatic rings. The zero-order valence-electron chi connectivity index (χ0n) is 14.4. The molecule has 0 unspecified atom stereocenters. The minimum absolute atomic E-state index is 0.207. The van der Waals surface area contributed by atoms with Gasteiger partial charge in [-0.25, -0.2) is 4.79 Å². The van der Waals surface area contributed by atoms with Gasteiger partial charge >= 0.3 is 13.2 Å². The molecule has 1 atom stereocenters. The van der Waals surface area contributed by atoms with E-state index in [1.807, 2.05) is 48.5 Å². The summed E-state index contributed by atoms with van der Waals surface area (Å²) in [6, 6.07) is 0. The third-order valence-corrected chi connectivity index (χ3v) is 4.53. The maximum atomic E-state index is 12.1. The molecule has 21 heavy (non-hydrogen) atoms. The average molecular weight is 297 g/mol. The maximum Gasteiger partial charge on any atom is 0.463 e. The molecule has 2 rings (SSSR count). The summed E-state index contributed by atoms with van der Waals surface area (Å²) in [4.78, 5) is 13.8. The number of hydrogen-bond donors (Lipinski definition) is 0. The lowest BCUT2D eigenvalue weighted by molar-refractivity contribution is 0.00578. The number of ether oxygens (including phenoxy) is 1. The maximum absolute atomic E-state index is 12.1. The van der Waals surface area contributed by atoms with Crippen molar-refractivity contribution < 1.29 is 18.8 Å². The predicted molar refractivity (Wildman–Crippen MR) is 82.3 cm³/mol. The van der Waals surface area contributed by atoms with Crippen LogP contribution in [-0.4, -0.2) is 48.0 Å². The van der Waals surface area contributed by atoms with E-state index in [1.54, 1.807) is 4.90 Å². The van der Waals surface area contributed by atoms with Crippen LogP contribution in [0.5, 0.6) is 0 Å². The second-order valence-corrected chi connectivity index (χ2v) is 8.10. The van der Waals surface area contributed by atoms with E-state index in [1.165, 1.54) is 0 Å². The van der Waals surface area contributed by atoms with Crippen molar-refractivity contribution in [3.8, 4) is 0 Å². The minimum atomic E-state index is -0.459. The van der Waals surface area contributed by atoms with E-state index in [-0.39, 0.29) is 30.2 Å². The number of amides is 1. The summed E-state index contributed by atoms with van der Waals surface area (Å²) in [6.45, 7) is 15.2. The zero-order valence-corrected chi connectivity index (χ0v) is 14.4. The van der Waals surface area contributed by atoms with Crippen molar-refractivity contribution >= 4 is 13.2 Å². The molecule has 6 heteroatoms. The van der Waals surface area contributed by atoms with Crippen LogP contribution in [0.15, 0.2) is 0 Å². The van der Waals surface area contributed by atoms with Gasteiger partial charge in [-0.15, -0.1) is 0 Å². The van der Waals surface area contributed by atoms with Crippen LogP contribution in [0.25, 0.3) is 0 Å². The molecule has 120 valence electrons. The Morgan fingerprint density at radius 2 is 1.71 bits per heavy atom. The van der Waals surface area contributed by atoms with Crippen molar-refractivity contribution in [1.29, 1.82) is 0 Å². The fraction of sp³-hybridized carbons (Fsp3) is 0.933. The smallest absolute Gasteiger partial charge is 0.444 e. The Balaban J connectivity index is 1.93. The van der Waals surface area contributed by atoms with Gasteiger partial charge in [-0.05, 0) is 54.9 Å². The fourth-order valence-electron chi connectivity index (χ4n) is 2.58. The van der Waals surface area contributed by atoms with Crippen molar-refractivity contribution in [3.63, 3.8) is 0 Å². The van der Waals surface area contributed by atoms with Crippen LogP contribution in [0, 0.1) is 0 Å². The minimum Gasteiger partial charge on any atom is -0.444 e. The van der Waals surface area contributed by atoms with Gasteiger partial charge in [-0.2, -0.15) is 0 Å². The summed E-state index contributed by atoms with van der Waals surface area (Å²) in [5, 5.41) is 0. The van der Waals surface area contributed by atoms with Gasteiger partial charge in [0.25, 0.3) is 0 Å². The highest BCUT2D eigenvalue weighted by Crippen LogP contribution is 2.42. The second-order valence-electron chi connectivity index (χ2n) is 8.10. The van der Waals surface area contributed by atoms with E-state index >= 15 is 0 Å². The summed E-state index contributed by atoms with van der Waals surface area (Å²) in [5.74, 6) is 0.207. The van der Waals surface area contributed by atoms with Crippen LogP contribution in [-0.2, 0) is 14.0 Å². The van der Waals surface area contributed by atoms with Crippen LogP contribution < -0.4 is 0 Å². The van der Waals surface area contributed by atoms with Crippen LogP contribution in [0.1, 0.15) is 54.9 Å². The lowest BCUT2D eigenvalue weighted by Crippen LogP contribution is -2.41. The van der Waals surface area contributed by atoms with Crippen molar-refractivity contribution in [2.24, 2.45) is 0 Å². The molecule has 0 spiro atoms. The van der Waals surface area contributed by atoms with Crippen LogP contribution >= 0.6 is 0 Å². The molecule has 2 fully saturated rings. The van der Waals surface area contributed by atoms with E-state index in [0.717, 1.165) is 6.42 Å². The van der Waals surface area contributed by atoms with Gasteiger partial charge in [-0.1, -0.05) is 0 Å². The summed E-state index contributed by atoms with van der Waals surface area (Å²) in [7, 11) is -0.248. The number of carbonyl (C=O) groups is 1. The molecule has 2 heterocycles. The molecule has 1 amide bonds. The van der Waals surface area contributed by atoms with Gasteiger partial charge < -0.3 is 18.9 Å². The molecule has 2 aliphatic heterocycles. The first-order valence-electron chi connectivity index (χ1n) is 7.75. The lowest BCUT2D eigenvalue weighted by Gasteiger charge is -2.32. The lowest BCUT2D eigenvalue weighted by atomic mass is 9.71. The first-order valence-corrected chi connectivity index (χ1v) is 7.75. The van der Waals surface area contributed by atoms with E-state index in [0.29, 0.717) is 13.1 Å². The molecule has 0 radical (unpaired) electrons. The van der Waals surface area contributed by atoms with Crippen LogP contribution in [0.2, 0.25) is 5.82 Å². The topological polar surface area (TPSA) is 48.0 Å². The van der Waals surface area contributed by atoms with Gasteiger partial charge in [0, 0.05) is 18.9 Å². The molecule has 2 aliphatic rings. The Labute approximate surface area is 128 Å². The molecule has 0 bridgehead atoms. The molecule has 0 aliphatic carbocycles. The van der Waals surface area contributed by atoms with Crippen LogP contribution in [0.3, 0.4) is 0 Å². The molecule has 2 saturated heterocycles. The number of rotatable bonds is 1. The van der Waals surface area contributed by atoms with E-state index < -0.39 is 5.60 Å². The summed E-state index contributed by atoms with van der Waals surface area (Å²) in [5.41, 5.74) is -1.10. The number of carbonyl (C=O) groups excluding carboxylic acids is 1. The Morgan fingerprint density at radius 1 is 1.19 bits per heavy atom. The van der Waals surface area contributed by atoms with E-state index in [9.17, 15) is 4.79 Å². The van der Waals surface area contributed by atoms with E-state index in [4.69, 9.17) is 14.0 Å². The Bertz CT molecular complexity index is 400. The third kappa shape index (κ3) is 3.54. The number of nitrogens with zero attached hydrogens (tertiary/aromatic N) is 1. The summed E-state index contributed by atoms with van der Waals surface area (Å²) >= 11 is 0. The normalized spacial score (nSPS) is 28.0. The van der Waals surface area contributed by atoms with Gasteiger partial charge in [0.15, 0.2) is 0 Å². The first-order chi connectivity index (χ1) is 9.41. The molecular weight excluding hydrogens is 269 g/mol. The second kappa shape index (κ2) is 5.16. The van der Waals surface area contributed by atoms with Gasteiger partial charge in [0.2, 0.25) is 0 Å². The number of likely N-dealkylation sites (tertiary alicyclic amines) is 1. The van der Waals surface area contributed by atoms with Crippen molar-refractivity contribution in [2.45, 2.75) is 77.5 Å². The molecule has 5 nitrogen and oxygen atoms in total. The van der Waals surface area contributed by atoms with E-state index in [2.05, 4.69) is 0 Å². The molecule has 0 aromatic carbocycles. The predicted octanol–water partition coefficient (Wildman–Crippen LogP) is 3.09. The first kappa shape index (κ1) is 16.6. The Hall–Kier alpha value is -0.745. The van der Waals surface area contributed by atoms with Crippen molar-refractivity contribution in [2.75, 3.05) is 13.1 Å². The Kier molecular flexibility index (Phi) is 4.09. The molecular formula is C15H28BNO4. The fourth-order valence-corrected chi connectivity index (χ4v) is 2.58. The monoisotopic (exact) mass is 297 g/mol. The summed E-state index contributed by atoms with van der Waals surface area (Å²) in [6.07, 6.45) is 0.636. The summed E-state index contributed by atoms with van der Waals surface area (Å²) < 4.78 is 17.6. The molecule has 0 aromatic heterocycles. The molecule has 0 saturated carbocycles. The van der Waals surface area contributed by atoms with Crippen molar-refractivity contribution in [3.05, 3.63) is 0 Å². The van der Waals surface area contributed by atoms with Gasteiger partial charge in [0.05, 0.1) is 11.2 Å². The standard InChI is InChI=1S/C15H28BNO4/c1-13(2,3)19-12(18)17-9-8-11(10-17)16-20-14(4,5)15(6,7)21-16/h11H,8-10H2,1-7H3/t11-/m0/s1. The number of hydrogen-bond acceptors (Lipinski definition) is 4. The SMILES string of the molecule is CC(C)(C)OC(=O)N1CC[C@H](B2OC(C)(C)C(C)(C)O2)C1. The zero-order chi connectivity index (χ0) is 16.1.